The number of carboxylic acids is 1. The third-order valence-electron chi connectivity index (χ3n) is 5.34. The minimum absolute atomic E-state index is 0.0418. The van der Waals surface area contributed by atoms with E-state index in [0.29, 0.717) is 5.92 Å². The van der Waals surface area contributed by atoms with Crippen LogP contribution in [0, 0.1) is 29.6 Å². The molecule has 2 saturated carbocycles. The third kappa shape index (κ3) is 2.48. The standard InChI is InChI=1S/C16H23NO3/c18-15(17-9-10-4-2-1-3-5-10)13-11-6-7-12(8-11)14(13)16(19)20/h6-7,10-14H,1-5,8-9H2,(H,17,18)(H,19,20)/t11-,12+,13-,14+/m0/s1. The molecule has 2 bridgehead atoms. The largest absolute Gasteiger partial charge is 0.481 e. The number of carbonyl (C=O) groups is 2. The average molecular weight is 277 g/mol. The fraction of sp³-hybridized carbons (Fsp3) is 0.750. The minimum atomic E-state index is -0.820. The number of fused-ring (bicyclic) bond motifs is 2. The van der Waals surface area contributed by atoms with E-state index in [-0.39, 0.29) is 23.7 Å². The first kappa shape index (κ1) is 13.7. The van der Waals surface area contributed by atoms with E-state index in [1.54, 1.807) is 0 Å². The zero-order valence-electron chi connectivity index (χ0n) is 11.8. The van der Waals surface area contributed by atoms with E-state index in [1.807, 2.05) is 12.2 Å². The molecule has 0 unspecified atom stereocenters. The summed E-state index contributed by atoms with van der Waals surface area (Å²) in [4.78, 5) is 23.8. The molecule has 3 rings (SSSR count). The summed E-state index contributed by atoms with van der Waals surface area (Å²) < 4.78 is 0. The Morgan fingerprint density at radius 3 is 2.35 bits per heavy atom. The predicted octanol–water partition coefficient (Wildman–Crippen LogP) is 2.21. The summed E-state index contributed by atoms with van der Waals surface area (Å²) in [5, 5.41) is 12.4. The maximum atomic E-state index is 12.4. The van der Waals surface area contributed by atoms with Gasteiger partial charge in [-0.3, -0.25) is 9.59 Å². The molecule has 0 aliphatic heterocycles. The first-order valence-corrected chi connectivity index (χ1v) is 7.85. The van der Waals surface area contributed by atoms with Gasteiger partial charge in [0.05, 0.1) is 11.8 Å². The van der Waals surface area contributed by atoms with Crippen LogP contribution in [0.3, 0.4) is 0 Å². The Kier molecular flexibility index (Phi) is 3.81. The highest BCUT2D eigenvalue weighted by molar-refractivity contribution is 5.86. The van der Waals surface area contributed by atoms with Gasteiger partial charge in [0.25, 0.3) is 0 Å². The summed E-state index contributed by atoms with van der Waals surface area (Å²) in [7, 11) is 0. The van der Waals surface area contributed by atoms with Crippen LogP contribution in [0.1, 0.15) is 38.5 Å². The summed E-state index contributed by atoms with van der Waals surface area (Å²) in [5.41, 5.74) is 0. The molecule has 3 aliphatic carbocycles. The number of carbonyl (C=O) groups excluding carboxylic acids is 1. The smallest absolute Gasteiger partial charge is 0.307 e. The van der Waals surface area contributed by atoms with Crippen molar-refractivity contribution in [2.75, 3.05) is 6.54 Å². The van der Waals surface area contributed by atoms with E-state index >= 15 is 0 Å². The van der Waals surface area contributed by atoms with Crippen LogP contribution >= 0.6 is 0 Å². The molecule has 0 heterocycles. The van der Waals surface area contributed by atoms with Crippen LogP contribution in [-0.2, 0) is 9.59 Å². The molecule has 0 aromatic rings. The Labute approximate surface area is 119 Å². The van der Waals surface area contributed by atoms with E-state index in [9.17, 15) is 14.7 Å². The second kappa shape index (κ2) is 5.58. The maximum absolute atomic E-state index is 12.4. The Balaban J connectivity index is 1.58. The first-order valence-electron chi connectivity index (χ1n) is 7.85. The zero-order valence-corrected chi connectivity index (χ0v) is 11.8. The van der Waals surface area contributed by atoms with Crippen LogP contribution < -0.4 is 5.32 Å². The van der Waals surface area contributed by atoms with Crippen LogP contribution in [-0.4, -0.2) is 23.5 Å². The van der Waals surface area contributed by atoms with Gasteiger partial charge in [-0.05, 0) is 37.0 Å². The number of amides is 1. The molecule has 0 radical (unpaired) electrons. The summed E-state index contributed by atoms with van der Waals surface area (Å²) in [6.45, 7) is 0.725. The van der Waals surface area contributed by atoms with Crippen molar-refractivity contribution >= 4 is 11.9 Å². The molecular weight excluding hydrogens is 254 g/mol. The molecule has 110 valence electrons. The summed E-state index contributed by atoms with van der Waals surface area (Å²) in [5.74, 6) is -0.956. The third-order valence-corrected chi connectivity index (χ3v) is 5.34. The molecule has 4 atom stereocenters. The highest BCUT2D eigenvalue weighted by Crippen LogP contribution is 2.48. The molecule has 0 aromatic heterocycles. The molecular formula is C16H23NO3. The molecule has 4 nitrogen and oxygen atoms in total. The first-order chi connectivity index (χ1) is 9.66. The highest BCUT2D eigenvalue weighted by atomic mass is 16.4. The monoisotopic (exact) mass is 277 g/mol. The van der Waals surface area contributed by atoms with E-state index in [0.717, 1.165) is 13.0 Å². The number of hydrogen-bond donors (Lipinski definition) is 2. The lowest BCUT2D eigenvalue weighted by atomic mass is 9.82. The quantitative estimate of drug-likeness (QED) is 0.774. The number of rotatable bonds is 4. The number of allylic oxidation sites excluding steroid dienone is 2. The SMILES string of the molecule is O=C(NCC1CCCCC1)[C@@H]1[C@H](C(=O)O)[C@@H]2C=C[C@H]1C2. The van der Waals surface area contributed by atoms with Crippen molar-refractivity contribution in [1.29, 1.82) is 0 Å². The molecule has 2 N–H and O–H groups in total. The molecule has 20 heavy (non-hydrogen) atoms. The van der Waals surface area contributed by atoms with Crippen molar-refractivity contribution in [3.05, 3.63) is 12.2 Å². The van der Waals surface area contributed by atoms with Crippen LogP contribution in [0.5, 0.6) is 0 Å². The van der Waals surface area contributed by atoms with Gasteiger partial charge in [-0.1, -0.05) is 31.4 Å². The van der Waals surface area contributed by atoms with Crippen molar-refractivity contribution in [2.45, 2.75) is 38.5 Å². The lowest BCUT2D eigenvalue weighted by molar-refractivity contribution is -0.147. The van der Waals surface area contributed by atoms with Crippen LogP contribution in [0.15, 0.2) is 12.2 Å². The summed E-state index contributed by atoms with van der Waals surface area (Å²) in [6.07, 6.45) is 11.1. The summed E-state index contributed by atoms with van der Waals surface area (Å²) >= 11 is 0. The number of aliphatic carboxylic acids is 1. The average Bonchev–Trinajstić information content (AvgIpc) is 3.06. The van der Waals surface area contributed by atoms with Crippen LogP contribution in [0.2, 0.25) is 0 Å². The van der Waals surface area contributed by atoms with Gasteiger partial charge in [0.1, 0.15) is 0 Å². The topological polar surface area (TPSA) is 66.4 Å². The van der Waals surface area contributed by atoms with Gasteiger partial charge in [0.15, 0.2) is 0 Å². The van der Waals surface area contributed by atoms with Gasteiger partial charge in [0, 0.05) is 6.54 Å². The van der Waals surface area contributed by atoms with Gasteiger partial charge in [-0.25, -0.2) is 0 Å². The Morgan fingerprint density at radius 1 is 1.05 bits per heavy atom. The van der Waals surface area contributed by atoms with Gasteiger partial charge in [0.2, 0.25) is 5.91 Å². The number of nitrogens with one attached hydrogen (secondary N) is 1. The molecule has 0 spiro atoms. The van der Waals surface area contributed by atoms with E-state index < -0.39 is 11.9 Å². The lowest BCUT2D eigenvalue weighted by Crippen LogP contribution is -2.42. The van der Waals surface area contributed by atoms with Gasteiger partial charge in [-0.2, -0.15) is 0 Å². The van der Waals surface area contributed by atoms with E-state index in [4.69, 9.17) is 0 Å². The number of hydrogen-bond acceptors (Lipinski definition) is 2. The predicted molar refractivity (Wildman–Crippen MR) is 74.9 cm³/mol. The van der Waals surface area contributed by atoms with Crippen molar-refractivity contribution in [2.24, 2.45) is 29.6 Å². The van der Waals surface area contributed by atoms with Gasteiger partial charge in [-0.15, -0.1) is 0 Å². The fourth-order valence-corrected chi connectivity index (χ4v) is 4.27. The Morgan fingerprint density at radius 2 is 1.70 bits per heavy atom. The van der Waals surface area contributed by atoms with Gasteiger partial charge >= 0.3 is 5.97 Å². The molecule has 1 amide bonds. The molecule has 2 fully saturated rings. The lowest BCUT2D eigenvalue weighted by Gasteiger charge is -2.26. The molecule has 0 saturated heterocycles. The Bertz CT molecular complexity index is 425. The Hall–Kier alpha value is -1.32. The fourth-order valence-electron chi connectivity index (χ4n) is 4.27. The highest BCUT2D eigenvalue weighted by Gasteiger charge is 2.51. The van der Waals surface area contributed by atoms with Gasteiger partial charge < -0.3 is 10.4 Å². The number of carboxylic acid groups (broad SMARTS) is 1. The molecule has 0 aromatic carbocycles. The molecule has 4 heteroatoms. The van der Waals surface area contributed by atoms with Crippen LogP contribution in [0.4, 0.5) is 0 Å². The minimum Gasteiger partial charge on any atom is -0.481 e. The van der Waals surface area contributed by atoms with E-state index in [2.05, 4.69) is 5.32 Å². The summed E-state index contributed by atoms with van der Waals surface area (Å²) in [6, 6.07) is 0. The zero-order chi connectivity index (χ0) is 14.1. The van der Waals surface area contributed by atoms with E-state index in [1.165, 1.54) is 32.1 Å². The second-order valence-electron chi connectivity index (χ2n) is 6.59. The maximum Gasteiger partial charge on any atom is 0.307 e. The van der Waals surface area contributed by atoms with Crippen LogP contribution in [0.25, 0.3) is 0 Å². The second-order valence-corrected chi connectivity index (χ2v) is 6.59. The van der Waals surface area contributed by atoms with Crippen molar-refractivity contribution < 1.29 is 14.7 Å². The van der Waals surface area contributed by atoms with Crippen molar-refractivity contribution in [1.82, 2.24) is 5.32 Å². The molecule has 3 aliphatic rings. The van der Waals surface area contributed by atoms with Crippen molar-refractivity contribution in [3.63, 3.8) is 0 Å². The van der Waals surface area contributed by atoms with Crippen molar-refractivity contribution in [3.8, 4) is 0 Å². The normalized spacial score (nSPS) is 36.2.